The monoisotopic (exact) mass is 194 g/mol. The number of carboxylic acid groups (broad SMARTS) is 1. The second-order valence-corrected chi connectivity index (χ2v) is 3.24. The second-order valence-electron chi connectivity index (χ2n) is 2.83. The Kier molecular flexibility index (Phi) is 1.81. The molecule has 1 aromatic rings. The Morgan fingerprint density at radius 3 is 2.92 bits per heavy atom. The van der Waals surface area contributed by atoms with Crippen LogP contribution in [0.3, 0.4) is 0 Å². The third-order valence-corrected chi connectivity index (χ3v) is 2.28. The van der Waals surface area contributed by atoms with Crippen LogP contribution < -0.4 is 5.11 Å². The highest BCUT2D eigenvalue weighted by atomic mass is 35.5. The summed E-state index contributed by atoms with van der Waals surface area (Å²) in [5, 5.41) is 11.0. The molecule has 13 heavy (non-hydrogen) atoms. The fourth-order valence-electron chi connectivity index (χ4n) is 1.35. The molecule has 66 valence electrons. The van der Waals surface area contributed by atoms with Crippen LogP contribution in [0.1, 0.15) is 11.1 Å². The molecule has 0 fully saturated rings. The Labute approximate surface area is 79.7 Å². The first-order chi connectivity index (χ1) is 6.18. The van der Waals surface area contributed by atoms with Gasteiger partial charge in [0.25, 0.3) is 0 Å². The number of carboxylic acids is 1. The van der Waals surface area contributed by atoms with E-state index in [1.165, 1.54) is 12.3 Å². The summed E-state index contributed by atoms with van der Waals surface area (Å²) in [5.74, 6) is -1.15. The van der Waals surface area contributed by atoms with E-state index in [1.54, 1.807) is 6.20 Å². The zero-order valence-corrected chi connectivity index (χ0v) is 7.34. The summed E-state index contributed by atoms with van der Waals surface area (Å²) in [6.07, 6.45) is 5.00. The lowest BCUT2D eigenvalue weighted by molar-refractivity contribution is -0.299. The number of rotatable bonds is 1. The predicted octanol–water partition coefficient (Wildman–Crippen LogP) is 0.424. The molecule has 0 bridgehead atoms. The van der Waals surface area contributed by atoms with Gasteiger partial charge in [-0.3, -0.25) is 4.98 Å². The van der Waals surface area contributed by atoms with Crippen LogP contribution in [0.25, 0.3) is 6.08 Å². The van der Waals surface area contributed by atoms with Gasteiger partial charge in [0.05, 0.1) is 11.0 Å². The van der Waals surface area contributed by atoms with E-state index in [0.29, 0.717) is 11.4 Å². The standard InChI is InChI=1S/C9H6ClNO2/c10-8-4-11-3-6-1-5(9(12)13)2-7(6)8/h2-4H,1H2,(H,12,13)/p-1. The highest BCUT2D eigenvalue weighted by Gasteiger charge is 2.15. The van der Waals surface area contributed by atoms with Crippen LogP contribution in [0.2, 0.25) is 5.02 Å². The Hall–Kier alpha value is -1.35. The summed E-state index contributed by atoms with van der Waals surface area (Å²) < 4.78 is 0. The minimum Gasteiger partial charge on any atom is -0.545 e. The molecular formula is C9H5ClNO2-. The zero-order valence-electron chi connectivity index (χ0n) is 6.58. The van der Waals surface area contributed by atoms with Crippen LogP contribution in [0.4, 0.5) is 0 Å². The summed E-state index contributed by atoms with van der Waals surface area (Å²) >= 11 is 5.82. The minimum atomic E-state index is -1.15. The number of fused-ring (bicyclic) bond motifs is 1. The highest BCUT2D eigenvalue weighted by Crippen LogP contribution is 2.29. The van der Waals surface area contributed by atoms with E-state index >= 15 is 0 Å². The van der Waals surface area contributed by atoms with Gasteiger partial charge in [-0.1, -0.05) is 11.6 Å². The van der Waals surface area contributed by atoms with Gasteiger partial charge >= 0.3 is 0 Å². The number of hydrogen-bond acceptors (Lipinski definition) is 3. The molecule has 0 saturated carbocycles. The number of aromatic nitrogens is 1. The smallest absolute Gasteiger partial charge is 0.0678 e. The van der Waals surface area contributed by atoms with Crippen LogP contribution in [-0.2, 0) is 11.2 Å². The first-order valence-corrected chi connectivity index (χ1v) is 4.10. The number of halogens is 1. The van der Waals surface area contributed by atoms with Gasteiger partial charge in [0.1, 0.15) is 0 Å². The molecule has 0 saturated heterocycles. The summed E-state index contributed by atoms with van der Waals surface area (Å²) in [6, 6.07) is 0. The maximum atomic E-state index is 10.5. The van der Waals surface area contributed by atoms with Crippen molar-refractivity contribution >= 4 is 23.6 Å². The largest absolute Gasteiger partial charge is 0.545 e. The van der Waals surface area contributed by atoms with E-state index in [0.717, 1.165) is 11.1 Å². The number of carbonyl (C=O) groups is 1. The summed E-state index contributed by atoms with van der Waals surface area (Å²) in [7, 11) is 0. The van der Waals surface area contributed by atoms with Crippen molar-refractivity contribution in [3.05, 3.63) is 34.1 Å². The van der Waals surface area contributed by atoms with Gasteiger partial charge in [-0.2, -0.15) is 0 Å². The molecule has 0 radical (unpaired) electrons. The molecule has 0 spiro atoms. The van der Waals surface area contributed by atoms with E-state index < -0.39 is 5.97 Å². The number of nitrogens with zero attached hydrogens (tertiary/aromatic N) is 1. The van der Waals surface area contributed by atoms with Crippen molar-refractivity contribution in [3.63, 3.8) is 0 Å². The van der Waals surface area contributed by atoms with Gasteiger partial charge in [0.2, 0.25) is 0 Å². The van der Waals surface area contributed by atoms with E-state index in [2.05, 4.69) is 4.98 Å². The Morgan fingerprint density at radius 1 is 1.54 bits per heavy atom. The first kappa shape index (κ1) is 8.26. The third kappa shape index (κ3) is 1.31. The van der Waals surface area contributed by atoms with Gasteiger partial charge in [0.15, 0.2) is 0 Å². The maximum Gasteiger partial charge on any atom is 0.0678 e. The number of carbonyl (C=O) groups excluding carboxylic acids is 1. The number of hydrogen-bond donors (Lipinski definition) is 0. The predicted molar refractivity (Wildman–Crippen MR) is 45.9 cm³/mol. The van der Waals surface area contributed by atoms with Gasteiger partial charge in [-0.05, 0) is 17.2 Å². The van der Waals surface area contributed by atoms with Crippen molar-refractivity contribution in [2.45, 2.75) is 6.42 Å². The van der Waals surface area contributed by atoms with Crippen molar-refractivity contribution in [1.29, 1.82) is 0 Å². The molecule has 1 heterocycles. The minimum absolute atomic E-state index is 0.255. The Bertz CT molecular complexity index is 412. The summed E-state index contributed by atoms with van der Waals surface area (Å²) in [4.78, 5) is 14.4. The van der Waals surface area contributed by atoms with Crippen LogP contribution in [0.5, 0.6) is 0 Å². The lowest BCUT2D eigenvalue weighted by Gasteiger charge is -2.00. The van der Waals surface area contributed by atoms with E-state index in [-0.39, 0.29) is 5.57 Å². The quantitative estimate of drug-likeness (QED) is 0.651. The van der Waals surface area contributed by atoms with Crippen LogP contribution >= 0.6 is 11.6 Å². The molecule has 3 nitrogen and oxygen atoms in total. The third-order valence-electron chi connectivity index (χ3n) is 1.98. The molecule has 0 amide bonds. The van der Waals surface area contributed by atoms with E-state index in [9.17, 15) is 9.90 Å². The lowest BCUT2D eigenvalue weighted by Crippen LogP contribution is -2.24. The molecular weight excluding hydrogens is 190 g/mol. The second kappa shape index (κ2) is 2.85. The molecule has 1 aliphatic carbocycles. The molecule has 0 aliphatic heterocycles. The average molecular weight is 195 g/mol. The average Bonchev–Trinajstić information content (AvgIpc) is 2.49. The van der Waals surface area contributed by atoms with Crippen LogP contribution in [-0.4, -0.2) is 11.0 Å². The normalized spacial score (nSPS) is 13.8. The van der Waals surface area contributed by atoms with Crippen molar-refractivity contribution in [1.82, 2.24) is 4.98 Å². The van der Waals surface area contributed by atoms with Crippen LogP contribution in [0, 0.1) is 0 Å². The van der Waals surface area contributed by atoms with Gasteiger partial charge in [-0.25, -0.2) is 0 Å². The summed E-state index contributed by atoms with van der Waals surface area (Å²) in [5.41, 5.74) is 1.84. The fraction of sp³-hybridized carbons (Fsp3) is 0.111. The van der Waals surface area contributed by atoms with Crippen molar-refractivity contribution in [3.8, 4) is 0 Å². The van der Waals surface area contributed by atoms with Gasteiger partial charge in [0, 0.05) is 24.4 Å². The Morgan fingerprint density at radius 2 is 2.31 bits per heavy atom. The van der Waals surface area contributed by atoms with E-state index in [1.807, 2.05) is 0 Å². The van der Waals surface area contributed by atoms with Crippen molar-refractivity contribution < 1.29 is 9.90 Å². The molecule has 0 atom stereocenters. The molecule has 0 unspecified atom stereocenters. The molecule has 4 heteroatoms. The Balaban J connectivity index is 2.49. The highest BCUT2D eigenvalue weighted by molar-refractivity contribution is 6.32. The fourth-order valence-corrected chi connectivity index (χ4v) is 1.58. The van der Waals surface area contributed by atoms with Crippen LogP contribution in [0.15, 0.2) is 18.0 Å². The van der Waals surface area contributed by atoms with Crippen molar-refractivity contribution in [2.75, 3.05) is 0 Å². The van der Waals surface area contributed by atoms with E-state index in [4.69, 9.17) is 11.6 Å². The number of pyridine rings is 1. The molecule has 0 aromatic carbocycles. The zero-order chi connectivity index (χ0) is 9.42. The molecule has 1 aliphatic rings. The molecule has 2 rings (SSSR count). The summed E-state index contributed by atoms with van der Waals surface area (Å²) in [6.45, 7) is 0. The number of aliphatic carboxylic acids is 1. The topological polar surface area (TPSA) is 53.0 Å². The van der Waals surface area contributed by atoms with Gasteiger partial charge in [-0.15, -0.1) is 0 Å². The first-order valence-electron chi connectivity index (χ1n) is 3.73. The maximum absolute atomic E-state index is 10.5. The lowest BCUT2D eigenvalue weighted by atomic mass is 10.1. The molecule has 1 aromatic heterocycles. The van der Waals surface area contributed by atoms with Crippen molar-refractivity contribution in [2.24, 2.45) is 0 Å². The SMILES string of the molecule is O=C([O-])C1=Cc2c(Cl)cncc2C1. The molecule has 0 N–H and O–H groups in total. The van der Waals surface area contributed by atoms with Gasteiger partial charge < -0.3 is 9.90 Å².